The van der Waals surface area contributed by atoms with Crippen molar-refractivity contribution in [2.24, 2.45) is 10.9 Å². The number of fused-ring (bicyclic) bond motifs is 3. The van der Waals surface area contributed by atoms with E-state index in [9.17, 15) is 8.42 Å². The first-order valence-corrected chi connectivity index (χ1v) is 14.3. The normalized spacial score (nSPS) is 25.7. The molecule has 10 heteroatoms. The molecule has 5 atom stereocenters. The molecular formula is C28H28N6O3S. The molecule has 6 rings (SSSR count). The molecule has 1 saturated carbocycles. The summed E-state index contributed by atoms with van der Waals surface area (Å²) < 4.78 is 36.6. The molecule has 2 aromatic carbocycles. The van der Waals surface area contributed by atoms with Crippen molar-refractivity contribution in [2.45, 2.75) is 62.2 Å². The number of aryl methyl sites for hydroxylation is 1. The second-order valence-electron chi connectivity index (χ2n) is 10.1. The third-order valence-electron chi connectivity index (χ3n) is 7.78. The summed E-state index contributed by atoms with van der Waals surface area (Å²) in [6.45, 7) is 4.10. The lowest BCUT2D eigenvalue weighted by atomic mass is 9.92. The summed E-state index contributed by atoms with van der Waals surface area (Å²) in [4.78, 5) is 4.81. The van der Waals surface area contributed by atoms with Crippen molar-refractivity contribution in [1.29, 1.82) is 5.26 Å². The highest BCUT2D eigenvalue weighted by Gasteiger charge is 2.45. The highest BCUT2D eigenvalue weighted by Crippen LogP contribution is 2.45. The van der Waals surface area contributed by atoms with E-state index >= 15 is 0 Å². The highest BCUT2D eigenvalue weighted by molar-refractivity contribution is 7.89. The van der Waals surface area contributed by atoms with E-state index in [1.807, 2.05) is 25.1 Å². The summed E-state index contributed by atoms with van der Waals surface area (Å²) in [5.74, 6) is 2.69. The lowest BCUT2D eigenvalue weighted by Crippen LogP contribution is -2.39. The van der Waals surface area contributed by atoms with Crippen LogP contribution in [0.25, 0.3) is 0 Å². The predicted octanol–water partition coefficient (Wildman–Crippen LogP) is 4.33. The summed E-state index contributed by atoms with van der Waals surface area (Å²) in [5, 5.41) is 18.0. The molecule has 1 aliphatic carbocycles. The van der Waals surface area contributed by atoms with Gasteiger partial charge in [-0.25, -0.2) is 12.7 Å². The molecule has 2 aliphatic heterocycles. The van der Waals surface area contributed by atoms with Gasteiger partial charge in [-0.2, -0.15) is 5.26 Å². The van der Waals surface area contributed by atoms with Crippen LogP contribution in [0.4, 0.5) is 0 Å². The number of ether oxygens (including phenoxy) is 1. The fraction of sp³-hybridized carbons (Fsp3) is 0.357. The maximum atomic E-state index is 13.5. The minimum absolute atomic E-state index is 0.0106. The van der Waals surface area contributed by atoms with Crippen molar-refractivity contribution in [1.82, 2.24) is 19.1 Å². The zero-order valence-electron chi connectivity index (χ0n) is 21.2. The average molecular weight is 529 g/mol. The van der Waals surface area contributed by atoms with E-state index in [-0.39, 0.29) is 23.0 Å². The van der Waals surface area contributed by atoms with Crippen LogP contribution in [-0.4, -0.2) is 46.0 Å². The van der Waals surface area contributed by atoms with Gasteiger partial charge in [-0.15, -0.1) is 10.2 Å². The van der Waals surface area contributed by atoms with Gasteiger partial charge < -0.3 is 4.74 Å². The van der Waals surface area contributed by atoms with Gasteiger partial charge in [-0.3, -0.25) is 9.56 Å². The van der Waals surface area contributed by atoms with Crippen LogP contribution in [0.5, 0.6) is 5.75 Å². The Labute approximate surface area is 222 Å². The Morgan fingerprint density at radius 1 is 1.08 bits per heavy atom. The van der Waals surface area contributed by atoms with E-state index in [0.29, 0.717) is 17.3 Å². The third kappa shape index (κ3) is 4.07. The minimum atomic E-state index is -3.77. The third-order valence-corrected chi connectivity index (χ3v) is 9.54. The van der Waals surface area contributed by atoms with Gasteiger partial charge in [0.1, 0.15) is 11.6 Å². The summed E-state index contributed by atoms with van der Waals surface area (Å²) in [5.41, 5.74) is 1.60. The number of hydrogen-bond acceptors (Lipinski definition) is 7. The molecule has 0 spiro atoms. The number of benzene rings is 2. The van der Waals surface area contributed by atoms with Gasteiger partial charge in [0.25, 0.3) is 10.0 Å². The van der Waals surface area contributed by atoms with Gasteiger partial charge in [0.05, 0.1) is 34.9 Å². The molecule has 194 valence electrons. The Morgan fingerprint density at radius 2 is 1.84 bits per heavy atom. The number of aliphatic imine (C=N–C) groups is 1. The number of nitrogens with zero attached hydrogens (tertiary/aromatic N) is 6. The molecule has 0 N–H and O–H groups in total. The molecule has 0 radical (unpaired) electrons. The van der Waals surface area contributed by atoms with Gasteiger partial charge in [0.15, 0.2) is 12.0 Å². The number of nitriles is 1. The Kier molecular flexibility index (Phi) is 6.03. The monoisotopic (exact) mass is 528 g/mol. The number of hydrogen-bond donors (Lipinski definition) is 0. The van der Waals surface area contributed by atoms with E-state index in [2.05, 4.69) is 32.7 Å². The second-order valence-corrected chi connectivity index (χ2v) is 11.9. The molecule has 9 nitrogen and oxygen atoms in total. The molecule has 38 heavy (non-hydrogen) atoms. The second kappa shape index (κ2) is 9.40. The molecule has 1 aromatic heterocycles. The fourth-order valence-electron chi connectivity index (χ4n) is 5.78. The first-order chi connectivity index (χ1) is 18.4. The number of aromatic nitrogens is 3. The fourth-order valence-corrected chi connectivity index (χ4v) is 7.20. The molecule has 1 fully saturated rings. The van der Waals surface area contributed by atoms with Gasteiger partial charge in [-0.1, -0.05) is 31.0 Å². The maximum Gasteiger partial charge on any atom is 0.265 e. The summed E-state index contributed by atoms with van der Waals surface area (Å²) in [6.07, 6.45) is 7.13. The van der Waals surface area contributed by atoms with Crippen molar-refractivity contribution >= 4 is 16.2 Å². The Bertz CT molecular complexity index is 1550. The van der Waals surface area contributed by atoms with Gasteiger partial charge in [-0.05, 0) is 68.2 Å². The minimum Gasteiger partial charge on any atom is -0.490 e. The van der Waals surface area contributed by atoms with Crippen LogP contribution in [0.1, 0.15) is 60.9 Å². The van der Waals surface area contributed by atoms with Crippen LogP contribution in [0.15, 0.2) is 70.7 Å². The van der Waals surface area contributed by atoms with E-state index in [1.54, 1.807) is 48.8 Å². The summed E-state index contributed by atoms with van der Waals surface area (Å²) >= 11 is 0. The SMILES string of the molecule is CC[C@@H]1C[C@@H](Oc2ccc(C#N)cc2)C[C@@H]1c1nnc2n1C1C=CN(S(=O)(=O)c3ccc(C)cc3)C1N=C2. The van der Waals surface area contributed by atoms with E-state index in [4.69, 9.17) is 10.00 Å². The van der Waals surface area contributed by atoms with Crippen molar-refractivity contribution in [3.63, 3.8) is 0 Å². The number of rotatable bonds is 6. The van der Waals surface area contributed by atoms with Crippen molar-refractivity contribution in [3.8, 4) is 11.8 Å². The molecule has 3 aliphatic rings. The van der Waals surface area contributed by atoms with Crippen molar-refractivity contribution < 1.29 is 13.2 Å². The standard InChI is InChI=1S/C28H28N6O3S/c1-3-20-14-22(37-21-8-6-19(16-29)7-9-21)15-24(20)27-32-31-26-17-30-28-25(34(26)27)12-13-33(28)38(35,36)23-10-4-18(2)5-11-23/h4-13,17,20,22,24-25,28H,3,14-15H2,1-2H3/t20-,22-,24+,25?,28?/m1/s1. The van der Waals surface area contributed by atoms with Crippen LogP contribution in [0.3, 0.4) is 0 Å². The van der Waals surface area contributed by atoms with Crippen molar-refractivity contribution in [3.05, 3.63) is 83.6 Å². The molecular weight excluding hydrogens is 500 g/mol. The predicted molar refractivity (Wildman–Crippen MR) is 141 cm³/mol. The van der Waals surface area contributed by atoms with Crippen LogP contribution in [0.2, 0.25) is 0 Å². The summed E-state index contributed by atoms with van der Waals surface area (Å²) in [7, 11) is -3.77. The van der Waals surface area contributed by atoms with Crippen molar-refractivity contribution in [2.75, 3.05) is 0 Å². The topological polar surface area (TPSA) is 113 Å². The smallest absolute Gasteiger partial charge is 0.265 e. The molecule has 0 saturated heterocycles. The van der Waals surface area contributed by atoms with Crippen LogP contribution >= 0.6 is 0 Å². The highest BCUT2D eigenvalue weighted by atomic mass is 32.2. The zero-order chi connectivity index (χ0) is 26.4. The van der Waals surface area contributed by atoms with Crippen LogP contribution < -0.4 is 4.74 Å². The van der Waals surface area contributed by atoms with Gasteiger partial charge >= 0.3 is 0 Å². The average Bonchev–Trinajstić information content (AvgIpc) is 3.65. The lowest BCUT2D eigenvalue weighted by Gasteiger charge is -2.31. The molecule has 0 amide bonds. The van der Waals surface area contributed by atoms with E-state index < -0.39 is 16.2 Å². The van der Waals surface area contributed by atoms with Gasteiger partial charge in [0, 0.05) is 12.1 Å². The van der Waals surface area contributed by atoms with Crippen LogP contribution in [0, 0.1) is 24.2 Å². The van der Waals surface area contributed by atoms with Crippen LogP contribution in [-0.2, 0) is 10.0 Å². The lowest BCUT2D eigenvalue weighted by molar-refractivity contribution is 0.203. The maximum absolute atomic E-state index is 13.5. The Morgan fingerprint density at radius 3 is 2.55 bits per heavy atom. The van der Waals surface area contributed by atoms with E-state index in [0.717, 1.165) is 36.4 Å². The zero-order valence-corrected chi connectivity index (χ0v) is 22.0. The number of sulfonamides is 1. The van der Waals surface area contributed by atoms with Gasteiger partial charge in [0.2, 0.25) is 0 Å². The largest absolute Gasteiger partial charge is 0.490 e. The first-order valence-electron chi connectivity index (χ1n) is 12.8. The van der Waals surface area contributed by atoms with E-state index in [1.165, 1.54) is 4.31 Å². The summed E-state index contributed by atoms with van der Waals surface area (Å²) in [6, 6.07) is 15.8. The quantitative estimate of drug-likeness (QED) is 0.471. The molecule has 0 bridgehead atoms. The molecule has 3 heterocycles. The molecule has 2 unspecified atom stereocenters. The Hall–Kier alpha value is -3.97. The molecule has 3 aromatic rings. The Balaban J connectivity index is 1.26. The first kappa shape index (κ1) is 24.4.